The first-order valence-corrected chi connectivity index (χ1v) is 8.06. The Kier molecular flexibility index (Phi) is 3.21. The number of aromatic nitrogens is 3. The smallest absolute Gasteiger partial charge is 0.127 e. The van der Waals surface area contributed by atoms with E-state index >= 15 is 0 Å². The topological polar surface area (TPSA) is 74.3 Å². The quantitative estimate of drug-likeness (QED) is 0.900. The van der Waals surface area contributed by atoms with Gasteiger partial charge in [-0.2, -0.15) is 15.4 Å². The van der Waals surface area contributed by atoms with Crippen molar-refractivity contribution in [3.63, 3.8) is 0 Å². The number of hydrogen-bond donors (Lipinski definition) is 2. The molecule has 0 amide bonds. The Labute approximate surface area is 135 Å². The summed E-state index contributed by atoms with van der Waals surface area (Å²) in [6.45, 7) is 6.41. The summed E-state index contributed by atoms with van der Waals surface area (Å²) in [6, 6.07) is 6.36. The third-order valence-electron chi connectivity index (χ3n) is 4.79. The van der Waals surface area contributed by atoms with Gasteiger partial charge in [-0.25, -0.2) is 0 Å². The van der Waals surface area contributed by atoms with Gasteiger partial charge in [0.1, 0.15) is 22.6 Å². The third kappa shape index (κ3) is 2.62. The number of rotatable bonds is 3. The number of fused-ring (bicyclic) bond motifs is 1. The molecule has 0 spiro atoms. The van der Waals surface area contributed by atoms with Gasteiger partial charge in [-0.1, -0.05) is 18.2 Å². The SMILES string of the molecule is CC1(C)Cc2cccc(CN3CCC(O)(c4cn[nH]n4)C3)c2O1. The highest BCUT2D eigenvalue weighted by molar-refractivity contribution is 5.45. The standard InChI is InChI=1S/C17H22N4O2/c1-16(2)8-12-4-3-5-13(15(12)23-16)10-21-7-6-17(22,11-21)14-9-18-20-19-14/h3-5,9,22H,6-8,10-11H2,1-2H3,(H,18,19,20). The lowest BCUT2D eigenvalue weighted by Gasteiger charge is -2.22. The molecular weight excluding hydrogens is 292 g/mol. The average Bonchev–Trinajstić information content (AvgIpc) is 3.17. The number of β-amino-alcohol motifs (C(OH)–C–C–N with tert-alkyl or cyclic N) is 1. The van der Waals surface area contributed by atoms with Gasteiger partial charge in [0.05, 0.1) is 6.20 Å². The average molecular weight is 314 g/mol. The first-order valence-electron chi connectivity index (χ1n) is 8.06. The lowest BCUT2D eigenvalue weighted by atomic mass is 10.00. The predicted molar refractivity (Wildman–Crippen MR) is 85.0 cm³/mol. The minimum absolute atomic E-state index is 0.134. The fourth-order valence-electron chi connectivity index (χ4n) is 3.69. The minimum Gasteiger partial charge on any atom is -0.487 e. The van der Waals surface area contributed by atoms with E-state index in [0.717, 1.165) is 25.3 Å². The Balaban J connectivity index is 1.52. The van der Waals surface area contributed by atoms with Crippen molar-refractivity contribution in [2.24, 2.45) is 0 Å². The molecule has 2 aliphatic rings. The maximum Gasteiger partial charge on any atom is 0.127 e. The molecule has 1 unspecified atom stereocenters. The molecule has 1 aromatic heterocycles. The number of aliphatic hydroxyl groups is 1. The van der Waals surface area contributed by atoms with Crippen molar-refractivity contribution in [3.8, 4) is 5.75 Å². The summed E-state index contributed by atoms with van der Waals surface area (Å²) < 4.78 is 6.14. The lowest BCUT2D eigenvalue weighted by Crippen LogP contribution is -2.31. The molecule has 122 valence electrons. The van der Waals surface area contributed by atoms with Gasteiger partial charge >= 0.3 is 0 Å². The van der Waals surface area contributed by atoms with Crippen LogP contribution in [-0.4, -0.2) is 44.1 Å². The van der Waals surface area contributed by atoms with Gasteiger partial charge in [0.25, 0.3) is 0 Å². The van der Waals surface area contributed by atoms with Crippen molar-refractivity contribution in [3.05, 3.63) is 41.2 Å². The molecule has 23 heavy (non-hydrogen) atoms. The van der Waals surface area contributed by atoms with Crippen molar-refractivity contribution < 1.29 is 9.84 Å². The first-order chi connectivity index (χ1) is 11.0. The van der Waals surface area contributed by atoms with Crippen LogP contribution in [0.2, 0.25) is 0 Å². The first kappa shape index (κ1) is 14.7. The van der Waals surface area contributed by atoms with Crippen molar-refractivity contribution >= 4 is 0 Å². The molecule has 0 bridgehead atoms. The minimum atomic E-state index is -0.912. The van der Waals surface area contributed by atoms with E-state index in [1.165, 1.54) is 11.1 Å². The summed E-state index contributed by atoms with van der Waals surface area (Å²) in [4.78, 5) is 2.25. The van der Waals surface area contributed by atoms with E-state index in [9.17, 15) is 5.11 Å². The van der Waals surface area contributed by atoms with Crippen LogP contribution in [0.1, 0.15) is 37.1 Å². The Bertz CT molecular complexity index is 713. The maximum absolute atomic E-state index is 10.8. The molecule has 1 aromatic carbocycles. The molecule has 3 heterocycles. The zero-order chi connectivity index (χ0) is 16.1. The molecule has 1 saturated heterocycles. The zero-order valence-corrected chi connectivity index (χ0v) is 13.5. The summed E-state index contributed by atoms with van der Waals surface area (Å²) >= 11 is 0. The number of hydrogen-bond acceptors (Lipinski definition) is 5. The van der Waals surface area contributed by atoms with Crippen LogP contribution in [0.3, 0.4) is 0 Å². The molecule has 1 fully saturated rings. The van der Waals surface area contributed by atoms with E-state index in [4.69, 9.17) is 4.74 Å². The van der Waals surface area contributed by atoms with Gasteiger partial charge in [0, 0.05) is 31.6 Å². The number of para-hydroxylation sites is 1. The van der Waals surface area contributed by atoms with E-state index in [1.54, 1.807) is 6.20 Å². The Morgan fingerprint density at radius 1 is 1.39 bits per heavy atom. The van der Waals surface area contributed by atoms with Gasteiger partial charge in [-0.05, 0) is 25.8 Å². The summed E-state index contributed by atoms with van der Waals surface area (Å²) in [5.41, 5.74) is 2.04. The molecule has 6 nitrogen and oxygen atoms in total. The highest BCUT2D eigenvalue weighted by Gasteiger charge is 2.40. The van der Waals surface area contributed by atoms with Gasteiger partial charge in [0.15, 0.2) is 0 Å². The molecule has 0 aliphatic carbocycles. The number of benzene rings is 1. The molecule has 2 aromatic rings. The molecular formula is C17H22N4O2. The van der Waals surface area contributed by atoms with Crippen LogP contribution in [0, 0.1) is 0 Å². The van der Waals surface area contributed by atoms with Crippen molar-refractivity contribution in [2.45, 2.75) is 44.4 Å². The molecule has 0 radical (unpaired) electrons. The van der Waals surface area contributed by atoms with Crippen molar-refractivity contribution in [2.75, 3.05) is 13.1 Å². The van der Waals surface area contributed by atoms with Crippen LogP contribution >= 0.6 is 0 Å². The second-order valence-electron chi connectivity index (χ2n) is 7.29. The lowest BCUT2D eigenvalue weighted by molar-refractivity contribution is 0.0406. The summed E-state index contributed by atoms with van der Waals surface area (Å²) in [5.74, 6) is 1.02. The molecule has 2 aliphatic heterocycles. The molecule has 6 heteroatoms. The van der Waals surface area contributed by atoms with E-state index < -0.39 is 5.60 Å². The molecule has 4 rings (SSSR count). The number of likely N-dealkylation sites (tertiary alicyclic amines) is 1. The van der Waals surface area contributed by atoms with Crippen LogP contribution < -0.4 is 4.74 Å². The monoisotopic (exact) mass is 314 g/mol. The van der Waals surface area contributed by atoms with Crippen LogP contribution in [0.25, 0.3) is 0 Å². The van der Waals surface area contributed by atoms with Crippen molar-refractivity contribution in [1.29, 1.82) is 0 Å². The summed E-state index contributed by atoms with van der Waals surface area (Å²) in [6.07, 6.45) is 3.22. The van der Waals surface area contributed by atoms with Crippen LogP contribution in [-0.2, 0) is 18.6 Å². The Hall–Kier alpha value is -1.92. The van der Waals surface area contributed by atoms with Gasteiger partial charge in [-0.15, -0.1) is 0 Å². The predicted octanol–water partition coefficient (Wildman–Crippen LogP) is 1.61. The maximum atomic E-state index is 10.8. The van der Waals surface area contributed by atoms with Crippen molar-refractivity contribution in [1.82, 2.24) is 20.3 Å². The Morgan fingerprint density at radius 2 is 2.26 bits per heavy atom. The van der Waals surface area contributed by atoms with E-state index in [2.05, 4.69) is 52.4 Å². The number of ether oxygens (including phenoxy) is 1. The summed E-state index contributed by atoms with van der Waals surface area (Å²) in [5, 5.41) is 21.2. The van der Waals surface area contributed by atoms with E-state index in [0.29, 0.717) is 18.7 Å². The molecule has 2 N–H and O–H groups in total. The van der Waals surface area contributed by atoms with Gasteiger partial charge < -0.3 is 9.84 Å². The van der Waals surface area contributed by atoms with Crippen LogP contribution in [0.4, 0.5) is 0 Å². The number of aromatic amines is 1. The van der Waals surface area contributed by atoms with Crippen LogP contribution in [0.15, 0.2) is 24.4 Å². The second kappa shape index (κ2) is 5.04. The normalized spacial score (nSPS) is 26.2. The zero-order valence-electron chi connectivity index (χ0n) is 13.5. The largest absolute Gasteiger partial charge is 0.487 e. The third-order valence-corrected chi connectivity index (χ3v) is 4.79. The van der Waals surface area contributed by atoms with E-state index in [1.807, 2.05) is 0 Å². The Morgan fingerprint density at radius 3 is 3.04 bits per heavy atom. The fourth-order valence-corrected chi connectivity index (χ4v) is 3.69. The number of H-pyrrole nitrogens is 1. The van der Waals surface area contributed by atoms with E-state index in [-0.39, 0.29) is 5.60 Å². The van der Waals surface area contributed by atoms with Gasteiger partial charge in [-0.3, -0.25) is 4.90 Å². The summed E-state index contributed by atoms with van der Waals surface area (Å²) in [7, 11) is 0. The number of nitrogens with one attached hydrogen (secondary N) is 1. The fraction of sp³-hybridized carbons (Fsp3) is 0.529. The number of nitrogens with zero attached hydrogens (tertiary/aromatic N) is 3. The highest BCUT2D eigenvalue weighted by atomic mass is 16.5. The van der Waals surface area contributed by atoms with Crippen LogP contribution in [0.5, 0.6) is 5.75 Å². The highest BCUT2D eigenvalue weighted by Crippen LogP contribution is 2.39. The molecule has 1 atom stereocenters. The second-order valence-corrected chi connectivity index (χ2v) is 7.29. The molecule has 0 saturated carbocycles. The van der Waals surface area contributed by atoms with Gasteiger partial charge in [0.2, 0.25) is 0 Å².